The van der Waals surface area contributed by atoms with Crippen LogP contribution in [0.1, 0.15) is 17.5 Å². The van der Waals surface area contributed by atoms with Crippen LogP contribution in [0.2, 0.25) is 0 Å². The Balaban J connectivity index is 1.82. The molecule has 0 aliphatic heterocycles. The lowest BCUT2D eigenvalue weighted by Gasteiger charge is -1.99. The van der Waals surface area contributed by atoms with Crippen molar-refractivity contribution in [3.63, 3.8) is 0 Å². The largest absolute Gasteiger partial charge is 0.299 e. The molecular weight excluding hydrogens is 214 g/mol. The maximum atomic E-state index is 11.7. The van der Waals surface area contributed by atoms with Crippen molar-refractivity contribution in [1.82, 2.24) is 14.8 Å². The Hall–Kier alpha value is -1.97. The predicted octanol–water partition coefficient (Wildman–Crippen LogP) is 1.56. The number of ketones is 1. The maximum absolute atomic E-state index is 11.7. The van der Waals surface area contributed by atoms with Gasteiger partial charge in [0.25, 0.3) is 0 Å². The van der Waals surface area contributed by atoms with Gasteiger partial charge >= 0.3 is 0 Å². The summed E-state index contributed by atoms with van der Waals surface area (Å²) in [5.74, 6) is 0.238. The minimum Gasteiger partial charge on any atom is -0.299 e. The lowest BCUT2D eigenvalue weighted by molar-refractivity contribution is -0.118. The Bertz CT molecular complexity index is 490. The quantitative estimate of drug-likeness (QED) is 0.781. The van der Waals surface area contributed by atoms with Crippen LogP contribution in [0.15, 0.2) is 36.9 Å². The standard InChI is InChI=1S/C13H15N3O/c1-16-10-12(9-15-16)7-13(17)5-4-11-3-2-6-14-8-11/h2-3,6,8-10H,4-5,7H2,1H3. The molecule has 88 valence electrons. The number of Topliss-reactive ketones (excluding diaryl/α,β-unsaturated/α-hetero) is 1. The summed E-state index contributed by atoms with van der Waals surface area (Å²) in [4.78, 5) is 15.8. The molecule has 0 unspecified atom stereocenters. The van der Waals surface area contributed by atoms with Crippen molar-refractivity contribution in [2.24, 2.45) is 7.05 Å². The Labute approximate surface area is 100 Å². The van der Waals surface area contributed by atoms with E-state index in [2.05, 4.69) is 10.1 Å². The molecule has 2 aromatic rings. The number of nitrogens with zero attached hydrogens (tertiary/aromatic N) is 3. The van der Waals surface area contributed by atoms with E-state index in [1.54, 1.807) is 23.3 Å². The first-order chi connectivity index (χ1) is 8.24. The second-order valence-electron chi connectivity index (χ2n) is 4.10. The fourth-order valence-electron chi connectivity index (χ4n) is 1.71. The van der Waals surface area contributed by atoms with E-state index in [1.807, 2.05) is 25.4 Å². The SMILES string of the molecule is Cn1cc(CC(=O)CCc2cccnc2)cn1. The van der Waals surface area contributed by atoms with Crippen LogP contribution in [0.4, 0.5) is 0 Å². The van der Waals surface area contributed by atoms with Crippen LogP contribution in [0.5, 0.6) is 0 Å². The second-order valence-corrected chi connectivity index (χ2v) is 4.10. The van der Waals surface area contributed by atoms with E-state index in [9.17, 15) is 4.79 Å². The van der Waals surface area contributed by atoms with Gasteiger partial charge in [0, 0.05) is 38.5 Å². The number of hydrogen-bond acceptors (Lipinski definition) is 3. The van der Waals surface area contributed by atoms with E-state index in [-0.39, 0.29) is 5.78 Å². The molecule has 0 atom stereocenters. The van der Waals surface area contributed by atoms with Crippen LogP contribution in [0.3, 0.4) is 0 Å². The van der Waals surface area contributed by atoms with Crippen LogP contribution in [-0.4, -0.2) is 20.5 Å². The first kappa shape index (κ1) is 11.5. The Morgan fingerprint density at radius 1 is 1.35 bits per heavy atom. The van der Waals surface area contributed by atoms with Gasteiger partial charge in [0.05, 0.1) is 6.20 Å². The van der Waals surface area contributed by atoms with Gasteiger partial charge < -0.3 is 0 Å². The van der Waals surface area contributed by atoms with Crippen LogP contribution < -0.4 is 0 Å². The summed E-state index contributed by atoms with van der Waals surface area (Å²) >= 11 is 0. The molecule has 0 fully saturated rings. The highest BCUT2D eigenvalue weighted by Gasteiger charge is 2.05. The van der Waals surface area contributed by atoms with Gasteiger partial charge in [-0.3, -0.25) is 14.5 Å². The van der Waals surface area contributed by atoms with Gasteiger partial charge in [0.15, 0.2) is 0 Å². The fourth-order valence-corrected chi connectivity index (χ4v) is 1.71. The zero-order valence-electron chi connectivity index (χ0n) is 9.84. The highest BCUT2D eigenvalue weighted by molar-refractivity contribution is 5.80. The third-order valence-corrected chi connectivity index (χ3v) is 2.57. The third kappa shape index (κ3) is 3.52. The summed E-state index contributed by atoms with van der Waals surface area (Å²) in [6, 6.07) is 3.88. The number of hydrogen-bond donors (Lipinski definition) is 0. The fraction of sp³-hybridized carbons (Fsp3) is 0.308. The smallest absolute Gasteiger partial charge is 0.137 e. The number of aromatic nitrogens is 3. The van der Waals surface area contributed by atoms with Crippen LogP contribution >= 0.6 is 0 Å². The summed E-state index contributed by atoms with van der Waals surface area (Å²) in [6.07, 6.45) is 8.93. The van der Waals surface area contributed by atoms with Gasteiger partial charge in [-0.05, 0) is 23.6 Å². The van der Waals surface area contributed by atoms with Crippen molar-refractivity contribution in [1.29, 1.82) is 0 Å². The molecule has 0 bridgehead atoms. The van der Waals surface area contributed by atoms with Gasteiger partial charge in [-0.2, -0.15) is 5.10 Å². The molecule has 2 heterocycles. The van der Waals surface area contributed by atoms with E-state index in [1.165, 1.54) is 0 Å². The van der Waals surface area contributed by atoms with Gasteiger partial charge in [-0.1, -0.05) is 6.07 Å². The minimum absolute atomic E-state index is 0.238. The van der Waals surface area contributed by atoms with E-state index in [4.69, 9.17) is 0 Å². The molecule has 0 saturated heterocycles. The molecular formula is C13H15N3O. The summed E-state index contributed by atoms with van der Waals surface area (Å²) < 4.78 is 1.71. The molecule has 2 rings (SSSR count). The molecule has 2 aromatic heterocycles. The van der Waals surface area contributed by atoms with E-state index in [0.717, 1.165) is 17.5 Å². The highest BCUT2D eigenvalue weighted by Crippen LogP contribution is 2.05. The molecule has 0 saturated carbocycles. The van der Waals surface area contributed by atoms with Crippen LogP contribution in [-0.2, 0) is 24.7 Å². The number of carbonyl (C=O) groups is 1. The highest BCUT2D eigenvalue weighted by atomic mass is 16.1. The number of rotatable bonds is 5. The monoisotopic (exact) mass is 229 g/mol. The predicted molar refractivity (Wildman–Crippen MR) is 64.5 cm³/mol. The summed E-state index contributed by atoms with van der Waals surface area (Å²) in [5, 5.41) is 4.04. The third-order valence-electron chi connectivity index (χ3n) is 2.57. The molecule has 0 radical (unpaired) electrons. The summed E-state index contributed by atoms with van der Waals surface area (Å²) in [7, 11) is 1.85. The van der Waals surface area contributed by atoms with Crippen molar-refractivity contribution in [2.75, 3.05) is 0 Å². The van der Waals surface area contributed by atoms with Crippen molar-refractivity contribution in [3.8, 4) is 0 Å². The van der Waals surface area contributed by atoms with Crippen molar-refractivity contribution in [3.05, 3.63) is 48.0 Å². The van der Waals surface area contributed by atoms with Crippen LogP contribution in [0, 0.1) is 0 Å². The van der Waals surface area contributed by atoms with Crippen molar-refractivity contribution in [2.45, 2.75) is 19.3 Å². The number of aryl methyl sites for hydroxylation is 2. The van der Waals surface area contributed by atoms with E-state index >= 15 is 0 Å². The first-order valence-electron chi connectivity index (χ1n) is 5.62. The van der Waals surface area contributed by atoms with E-state index < -0.39 is 0 Å². The number of carbonyl (C=O) groups excluding carboxylic acids is 1. The second kappa shape index (κ2) is 5.39. The Morgan fingerprint density at radius 2 is 2.24 bits per heavy atom. The minimum atomic E-state index is 0.238. The molecule has 0 aromatic carbocycles. The normalized spacial score (nSPS) is 10.4. The summed E-state index contributed by atoms with van der Waals surface area (Å²) in [6.45, 7) is 0. The maximum Gasteiger partial charge on any atom is 0.137 e. The average Bonchev–Trinajstić information content (AvgIpc) is 2.73. The molecule has 4 heteroatoms. The van der Waals surface area contributed by atoms with Gasteiger partial charge in [0.1, 0.15) is 5.78 Å². The molecule has 0 spiro atoms. The molecule has 17 heavy (non-hydrogen) atoms. The van der Waals surface area contributed by atoms with Crippen LogP contribution in [0.25, 0.3) is 0 Å². The zero-order chi connectivity index (χ0) is 12.1. The zero-order valence-corrected chi connectivity index (χ0v) is 9.84. The van der Waals surface area contributed by atoms with Gasteiger partial charge in [0.2, 0.25) is 0 Å². The lowest BCUT2D eigenvalue weighted by Crippen LogP contribution is -2.03. The summed E-state index contributed by atoms with van der Waals surface area (Å²) in [5.41, 5.74) is 2.08. The van der Waals surface area contributed by atoms with Crippen molar-refractivity contribution < 1.29 is 4.79 Å². The molecule has 0 aliphatic rings. The average molecular weight is 229 g/mol. The topological polar surface area (TPSA) is 47.8 Å². The first-order valence-corrected chi connectivity index (χ1v) is 5.62. The van der Waals surface area contributed by atoms with Gasteiger partial charge in [-0.15, -0.1) is 0 Å². The molecule has 4 nitrogen and oxygen atoms in total. The number of pyridine rings is 1. The van der Waals surface area contributed by atoms with Crippen molar-refractivity contribution >= 4 is 5.78 Å². The molecule has 0 amide bonds. The lowest BCUT2D eigenvalue weighted by atomic mass is 10.1. The van der Waals surface area contributed by atoms with E-state index in [0.29, 0.717) is 12.8 Å². The van der Waals surface area contributed by atoms with Gasteiger partial charge in [-0.25, -0.2) is 0 Å². The molecule has 0 aliphatic carbocycles. The Morgan fingerprint density at radius 3 is 2.88 bits per heavy atom. The Kier molecular flexibility index (Phi) is 3.65. The molecule has 0 N–H and O–H groups in total.